The van der Waals surface area contributed by atoms with Gasteiger partial charge in [0.15, 0.2) is 0 Å². The Morgan fingerprint density at radius 3 is 2.30 bits per heavy atom. The third-order valence-electron chi connectivity index (χ3n) is 6.34. The molecule has 1 saturated carbocycles. The van der Waals surface area contributed by atoms with Crippen LogP contribution in [0.5, 0.6) is 0 Å². The van der Waals surface area contributed by atoms with Crippen LogP contribution in [0, 0.1) is 11.3 Å². The lowest BCUT2D eigenvalue weighted by Gasteiger charge is -2.48. The zero-order valence-corrected chi connectivity index (χ0v) is 18.3. The zero-order chi connectivity index (χ0) is 21.5. The summed E-state index contributed by atoms with van der Waals surface area (Å²) in [5.74, 6) is -0.168. The minimum atomic E-state index is -3.67. The van der Waals surface area contributed by atoms with Crippen LogP contribution in [0.2, 0.25) is 0 Å². The first kappa shape index (κ1) is 22.7. The highest BCUT2D eigenvalue weighted by molar-refractivity contribution is 7.89. The van der Waals surface area contributed by atoms with Crippen molar-refractivity contribution < 1.29 is 13.2 Å². The van der Waals surface area contributed by atoms with Gasteiger partial charge >= 0.3 is 0 Å². The molecule has 0 atom stereocenters. The molecule has 2 fully saturated rings. The van der Waals surface area contributed by atoms with Crippen LogP contribution in [0.15, 0.2) is 29.2 Å². The summed E-state index contributed by atoms with van der Waals surface area (Å²) in [5.41, 5.74) is 0.512. The molecule has 1 amide bonds. The number of sulfonamides is 1. The van der Waals surface area contributed by atoms with Crippen molar-refractivity contribution in [1.82, 2.24) is 14.9 Å². The summed E-state index contributed by atoms with van der Waals surface area (Å²) in [4.78, 5) is 15.4. The maximum Gasteiger partial charge on any atom is 0.251 e. The molecule has 2 aliphatic rings. The molecule has 3 rings (SSSR count). The number of likely N-dealkylation sites (tertiary alicyclic amines) is 1. The van der Waals surface area contributed by atoms with Crippen LogP contribution in [0.3, 0.4) is 0 Å². The van der Waals surface area contributed by atoms with Crippen molar-refractivity contribution >= 4 is 15.9 Å². The standard InChI is InChI=1S/C22H32N4O3S/c23-14-7-15-25-30(28,29)20-10-8-19(9-11-20)21(27)24-18-22(12-3-1-4-13-22)26-16-5-2-6-17-26/h8-11,25H,1-7,12-13,15-18H2,(H,24,27). The van der Waals surface area contributed by atoms with Gasteiger partial charge in [0.2, 0.25) is 10.0 Å². The molecule has 0 radical (unpaired) electrons. The number of hydrogen-bond acceptors (Lipinski definition) is 5. The molecule has 0 bridgehead atoms. The minimum Gasteiger partial charge on any atom is -0.350 e. The van der Waals surface area contributed by atoms with Crippen molar-refractivity contribution in [2.45, 2.75) is 68.2 Å². The van der Waals surface area contributed by atoms with Gasteiger partial charge in [-0.1, -0.05) is 25.7 Å². The van der Waals surface area contributed by atoms with Gasteiger partial charge in [-0.25, -0.2) is 13.1 Å². The SMILES string of the molecule is N#CCCNS(=O)(=O)c1ccc(C(=O)NCC2(N3CCCCC3)CCCCC2)cc1. The van der Waals surface area contributed by atoms with E-state index >= 15 is 0 Å². The van der Waals surface area contributed by atoms with Crippen molar-refractivity contribution in [3.05, 3.63) is 29.8 Å². The van der Waals surface area contributed by atoms with Crippen molar-refractivity contribution in [3.63, 3.8) is 0 Å². The van der Waals surface area contributed by atoms with Gasteiger partial charge in [0, 0.05) is 30.6 Å². The van der Waals surface area contributed by atoms with Gasteiger partial charge in [0.1, 0.15) is 0 Å². The summed E-state index contributed by atoms with van der Waals surface area (Å²) in [6.45, 7) is 2.93. The molecule has 164 valence electrons. The topological polar surface area (TPSA) is 102 Å². The summed E-state index contributed by atoms with van der Waals surface area (Å²) in [6, 6.07) is 7.86. The largest absolute Gasteiger partial charge is 0.350 e. The first-order valence-corrected chi connectivity index (χ1v) is 12.5. The Kier molecular flexibility index (Phi) is 7.87. The van der Waals surface area contributed by atoms with Gasteiger partial charge in [0.25, 0.3) is 5.91 Å². The molecular formula is C22H32N4O3S. The highest BCUT2D eigenvalue weighted by atomic mass is 32.2. The van der Waals surface area contributed by atoms with E-state index in [0.717, 1.165) is 25.9 Å². The first-order valence-electron chi connectivity index (χ1n) is 11.0. The van der Waals surface area contributed by atoms with Crippen molar-refractivity contribution in [3.8, 4) is 6.07 Å². The molecule has 1 aliphatic heterocycles. The third-order valence-corrected chi connectivity index (χ3v) is 7.82. The lowest BCUT2D eigenvalue weighted by molar-refractivity contribution is 0.0326. The maximum absolute atomic E-state index is 12.8. The number of hydrogen-bond donors (Lipinski definition) is 2. The molecule has 1 saturated heterocycles. The quantitative estimate of drug-likeness (QED) is 0.615. The monoisotopic (exact) mass is 432 g/mol. The maximum atomic E-state index is 12.8. The third kappa shape index (κ3) is 5.60. The fourth-order valence-corrected chi connectivity index (χ4v) is 5.67. The Bertz CT molecular complexity index is 849. The summed E-state index contributed by atoms with van der Waals surface area (Å²) in [5, 5.41) is 11.7. The summed E-state index contributed by atoms with van der Waals surface area (Å²) < 4.78 is 26.8. The number of carbonyl (C=O) groups excluding carboxylic acids is 1. The number of rotatable bonds is 8. The summed E-state index contributed by atoms with van der Waals surface area (Å²) in [6.07, 6.45) is 9.79. The lowest BCUT2D eigenvalue weighted by Crippen LogP contribution is -2.58. The number of amides is 1. The van der Waals surface area contributed by atoms with Gasteiger partial charge in [-0.3, -0.25) is 9.69 Å². The molecular weight excluding hydrogens is 400 g/mol. The molecule has 1 heterocycles. The normalized spacial score (nSPS) is 19.7. The fourth-order valence-electron chi connectivity index (χ4n) is 4.64. The van der Waals surface area contributed by atoms with Crippen LogP contribution < -0.4 is 10.0 Å². The minimum absolute atomic E-state index is 0.0578. The van der Waals surface area contributed by atoms with E-state index in [1.165, 1.54) is 50.7 Å². The van der Waals surface area contributed by atoms with E-state index in [-0.39, 0.29) is 29.3 Å². The van der Waals surface area contributed by atoms with E-state index in [1.54, 1.807) is 12.1 Å². The molecule has 0 aromatic heterocycles. The van der Waals surface area contributed by atoms with Crippen LogP contribution in [-0.4, -0.2) is 50.9 Å². The lowest BCUT2D eigenvalue weighted by atomic mass is 9.79. The zero-order valence-electron chi connectivity index (χ0n) is 17.5. The van der Waals surface area contributed by atoms with Crippen LogP contribution in [0.4, 0.5) is 0 Å². The number of piperidine rings is 1. The molecule has 7 nitrogen and oxygen atoms in total. The number of benzene rings is 1. The van der Waals surface area contributed by atoms with E-state index in [4.69, 9.17) is 5.26 Å². The molecule has 2 N–H and O–H groups in total. The Hall–Kier alpha value is -1.95. The second-order valence-corrected chi connectivity index (χ2v) is 10.1. The van der Waals surface area contributed by atoms with Crippen LogP contribution in [0.25, 0.3) is 0 Å². The average Bonchev–Trinajstić information content (AvgIpc) is 2.79. The number of carbonyl (C=O) groups is 1. The average molecular weight is 433 g/mol. The highest BCUT2D eigenvalue weighted by Crippen LogP contribution is 2.35. The molecule has 0 spiro atoms. The number of nitrogens with zero attached hydrogens (tertiary/aromatic N) is 2. The van der Waals surface area contributed by atoms with Crippen LogP contribution in [0.1, 0.15) is 68.1 Å². The summed E-state index contributed by atoms with van der Waals surface area (Å²) >= 11 is 0. The molecule has 30 heavy (non-hydrogen) atoms. The van der Waals surface area contributed by atoms with Crippen molar-refractivity contribution in [1.29, 1.82) is 5.26 Å². The predicted octanol–water partition coefficient (Wildman–Crippen LogP) is 2.80. The first-order chi connectivity index (χ1) is 14.5. The molecule has 0 unspecified atom stereocenters. The molecule has 8 heteroatoms. The van der Waals surface area contributed by atoms with E-state index in [9.17, 15) is 13.2 Å². The molecule has 1 aromatic rings. The van der Waals surface area contributed by atoms with Gasteiger partial charge in [-0.15, -0.1) is 0 Å². The van der Waals surface area contributed by atoms with E-state index in [2.05, 4.69) is 14.9 Å². The fraction of sp³-hybridized carbons (Fsp3) is 0.636. The Morgan fingerprint density at radius 2 is 1.67 bits per heavy atom. The predicted molar refractivity (Wildman–Crippen MR) is 115 cm³/mol. The van der Waals surface area contributed by atoms with Gasteiger partial charge in [-0.2, -0.15) is 5.26 Å². The Labute approximate surface area is 179 Å². The van der Waals surface area contributed by atoms with Gasteiger partial charge in [-0.05, 0) is 63.0 Å². The van der Waals surface area contributed by atoms with Gasteiger partial charge < -0.3 is 5.32 Å². The highest BCUT2D eigenvalue weighted by Gasteiger charge is 2.38. The molecule has 1 aliphatic carbocycles. The number of nitrogens with one attached hydrogen (secondary N) is 2. The Morgan fingerprint density at radius 1 is 1.03 bits per heavy atom. The van der Waals surface area contributed by atoms with E-state index < -0.39 is 10.0 Å². The number of nitriles is 1. The van der Waals surface area contributed by atoms with Crippen LogP contribution in [-0.2, 0) is 10.0 Å². The smallest absolute Gasteiger partial charge is 0.251 e. The Balaban J connectivity index is 1.62. The second kappa shape index (κ2) is 10.4. The molecule has 1 aromatic carbocycles. The van der Waals surface area contributed by atoms with E-state index in [0.29, 0.717) is 12.1 Å². The summed E-state index contributed by atoms with van der Waals surface area (Å²) in [7, 11) is -3.67. The second-order valence-electron chi connectivity index (χ2n) is 8.35. The van der Waals surface area contributed by atoms with Crippen molar-refractivity contribution in [2.75, 3.05) is 26.2 Å². The van der Waals surface area contributed by atoms with Crippen LogP contribution >= 0.6 is 0 Å². The van der Waals surface area contributed by atoms with E-state index in [1.807, 2.05) is 6.07 Å². The van der Waals surface area contributed by atoms with Gasteiger partial charge in [0.05, 0.1) is 11.0 Å². The van der Waals surface area contributed by atoms with Crippen molar-refractivity contribution in [2.24, 2.45) is 0 Å².